The van der Waals surface area contributed by atoms with Gasteiger partial charge in [-0.25, -0.2) is 4.79 Å². The molecule has 0 saturated carbocycles. The molecule has 0 aliphatic heterocycles. The Morgan fingerprint density at radius 2 is 2.56 bits per heavy atom. The Morgan fingerprint density at radius 3 is 2.89 bits per heavy atom. The van der Waals surface area contributed by atoms with Crippen molar-refractivity contribution in [1.29, 1.82) is 0 Å². The van der Waals surface area contributed by atoms with Crippen LogP contribution >= 0.6 is 0 Å². The summed E-state index contributed by atoms with van der Waals surface area (Å²) < 4.78 is 0. The van der Waals surface area contributed by atoms with Crippen LogP contribution in [0.15, 0.2) is 11.6 Å². The third-order valence-electron chi connectivity index (χ3n) is 1.72. The van der Waals surface area contributed by atoms with Crippen molar-refractivity contribution >= 4 is 5.97 Å². The van der Waals surface area contributed by atoms with Gasteiger partial charge in [-0.2, -0.15) is 0 Å². The summed E-state index contributed by atoms with van der Waals surface area (Å²) in [4.78, 5) is 10.2. The fourth-order valence-electron chi connectivity index (χ4n) is 0.954. The van der Waals surface area contributed by atoms with Gasteiger partial charge in [-0.1, -0.05) is 13.0 Å². The first-order chi connectivity index (χ1) is 4.24. The first kappa shape index (κ1) is 6.33. The number of carboxylic acids is 1. The van der Waals surface area contributed by atoms with Crippen molar-refractivity contribution in [2.45, 2.75) is 19.8 Å². The van der Waals surface area contributed by atoms with Crippen LogP contribution in [0.5, 0.6) is 0 Å². The van der Waals surface area contributed by atoms with Crippen LogP contribution < -0.4 is 0 Å². The number of carboxylic acid groups (broad SMARTS) is 1. The van der Waals surface area contributed by atoms with Gasteiger partial charge >= 0.3 is 5.97 Å². The monoisotopic (exact) mass is 126 g/mol. The van der Waals surface area contributed by atoms with E-state index in [1.54, 1.807) is 0 Å². The zero-order valence-electron chi connectivity index (χ0n) is 5.42. The molecule has 2 heteroatoms. The number of rotatable bonds is 2. The van der Waals surface area contributed by atoms with E-state index in [4.69, 9.17) is 5.11 Å². The summed E-state index contributed by atoms with van der Waals surface area (Å²) in [5, 5.41) is 8.38. The summed E-state index contributed by atoms with van der Waals surface area (Å²) in [6.07, 6.45) is 3.67. The lowest BCUT2D eigenvalue weighted by Gasteiger charge is -2.20. The lowest BCUT2D eigenvalue weighted by atomic mass is 9.85. The van der Waals surface area contributed by atoms with E-state index in [2.05, 4.69) is 6.92 Å². The molecule has 9 heavy (non-hydrogen) atoms. The Hall–Kier alpha value is -0.790. The molecule has 1 atom stereocenters. The van der Waals surface area contributed by atoms with E-state index in [9.17, 15) is 4.79 Å². The first-order valence-corrected chi connectivity index (χ1v) is 3.18. The second-order valence-corrected chi connectivity index (χ2v) is 2.37. The van der Waals surface area contributed by atoms with Gasteiger partial charge in [-0.3, -0.25) is 0 Å². The Kier molecular flexibility index (Phi) is 1.56. The summed E-state index contributed by atoms with van der Waals surface area (Å²) in [6.45, 7) is 2.07. The van der Waals surface area contributed by atoms with Gasteiger partial charge in [0, 0.05) is 5.57 Å². The van der Waals surface area contributed by atoms with Crippen LogP contribution in [0.2, 0.25) is 0 Å². The predicted octanol–water partition coefficient (Wildman–Crippen LogP) is 1.43. The van der Waals surface area contributed by atoms with Crippen molar-refractivity contribution in [2.75, 3.05) is 0 Å². The smallest absolute Gasteiger partial charge is 0.331 e. The molecule has 1 N–H and O–H groups in total. The zero-order chi connectivity index (χ0) is 6.85. The number of allylic oxidation sites excluding steroid dienone is 1. The van der Waals surface area contributed by atoms with E-state index in [0.717, 1.165) is 12.8 Å². The third kappa shape index (κ3) is 1.12. The molecule has 1 aliphatic carbocycles. The quantitative estimate of drug-likeness (QED) is 0.607. The van der Waals surface area contributed by atoms with Gasteiger partial charge in [0.15, 0.2) is 0 Å². The fourth-order valence-corrected chi connectivity index (χ4v) is 0.954. The number of carbonyl (C=O) groups is 1. The van der Waals surface area contributed by atoms with Crippen LogP contribution in [-0.4, -0.2) is 11.1 Å². The van der Waals surface area contributed by atoms with Crippen LogP contribution in [0.4, 0.5) is 0 Å². The summed E-state index contributed by atoms with van der Waals surface area (Å²) in [5.74, 6) is -0.212. The molecule has 0 aromatic rings. The second-order valence-electron chi connectivity index (χ2n) is 2.37. The molecule has 2 nitrogen and oxygen atoms in total. The Morgan fingerprint density at radius 1 is 2.00 bits per heavy atom. The molecule has 0 spiro atoms. The van der Waals surface area contributed by atoms with Gasteiger partial charge in [0.25, 0.3) is 0 Å². The highest BCUT2D eigenvalue weighted by Crippen LogP contribution is 2.27. The molecule has 0 aromatic carbocycles. The number of aliphatic carboxylic acids is 1. The van der Waals surface area contributed by atoms with Crippen molar-refractivity contribution in [3.8, 4) is 0 Å². The van der Waals surface area contributed by atoms with Crippen LogP contribution in [0, 0.1) is 5.92 Å². The van der Waals surface area contributed by atoms with Crippen molar-refractivity contribution < 1.29 is 9.90 Å². The molecule has 0 heterocycles. The standard InChI is InChI=1S/C7H10O2/c1-2-5-3-6(4-5)7(8)9/h3,5H,2,4H2,1H3,(H,8,9). The topological polar surface area (TPSA) is 37.3 Å². The molecule has 1 rings (SSSR count). The highest BCUT2D eigenvalue weighted by molar-refractivity contribution is 5.88. The van der Waals surface area contributed by atoms with Gasteiger partial charge in [0.2, 0.25) is 0 Å². The molecule has 50 valence electrons. The maximum absolute atomic E-state index is 10.2. The average molecular weight is 126 g/mol. The highest BCUT2D eigenvalue weighted by atomic mass is 16.4. The van der Waals surface area contributed by atoms with E-state index >= 15 is 0 Å². The molecule has 0 bridgehead atoms. The molecular weight excluding hydrogens is 116 g/mol. The number of hydrogen-bond acceptors (Lipinski definition) is 1. The van der Waals surface area contributed by atoms with Crippen molar-refractivity contribution in [2.24, 2.45) is 5.92 Å². The van der Waals surface area contributed by atoms with Crippen LogP contribution in [0.25, 0.3) is 0 Å². The molecular formula is C7H10O2. The minimum Gasteiger partial charge on any atom is -0.478 e. The minimum atomic E-state index is -0.750. The van der Waals surface area contributed by atoms with E-state index in [1.165, 1.54) is 0 Å². The van der Waals surface area contributed by atoms with Gasteiger partial charge in [0.1, 0.15) is 0 Å². The molecule has 1 aliphatic rings. The Labute approximate surface area is 54.2 Å². The van der Waals surface area contributed by atoms with Crippen LogP contribution in [-0.2, 0) is 4.79 Å². The molecule has 0 fully saturated rings. The molecule has 0 radical (unpaired) electrons. The number of hydrogen-bond donors (Lipinski definition) is 1. The van der Waals surface area contributed by atoms with Gasteiger partial charge in [0.05, 0.1) is 0 Å². The van der Waals surface area contributed by atoms with Crippen molar-refractivity contribution in [3.63, 3.8) is 0 Å². The largest absolute Gasteiger partial charge is 0.478 e. The van der Waals surface area contributed by atoms with E-state index in [0.29, 0.717) is 11.5 Å². The molecule has 0 saturated heterocycles. The Balaban J connectivity index is 2.44. The second kappa shape index (κ2) is 2.21. The molecule has 1 unspecified atom stereocenters. The van der Waals surface area contributed by atoms with Gasteiger partial charge in [-0.15, -0.1) is 0 Å². The highest BCUT2D eigenvalue weighted by Gasteiger charge is 2.21. The fraction of sp³-hybridized carbons (Fsp3) is 0.571. The maximum Gasteiger partial charge on any atom is 0.331 e. The third-order valence-corrected chi connectivity index (χ3v) is 1.72. The summed E-state index contributed by atoms with van der Waals surface area (Å²) in [7, 11) is 0. The molecule has 0 aromatic heterocycles. The zero-order valence-corrected chi connectivity index (χ0v) is 5.42. The SMILES string of the molecule is CCC1C=C(C(=O)O)C1. The normalized spacial score (nSPS) is 24.6. The van der Waals surface area contributed by atoms with E-state index < -0.39 is 5.97 Å². The summed E-state index contributed by atoms with van der Waals surface area (Å²) >= 11 is 0. The Bertz CT molecular complexity index is 158. The summed E-state index contributed by atoms with van der Waals surface area (Å²) in [5.41, 5.74) is 0.585. The lowest BCUT2D eigenvalue weighted by molar-refractivity contribution is -0.133. The van der Waals surface area contributed by atoms with Crippen LogP contribution in [0.1, 0.15) is 19.8 Å². The van der Waals surface area contributed by atoms with E-state index in [-0.39, 0.29) is 0 Å². The van der Waals surface area contributed by atoms with Gasteiger partial charge < -0.3 is 5.11 Å². The van der Waals surface area contributed by atoms with Crippen LogP contribution in [0.3, 0.4) is 0 Å². The summed E-state index contributed by atoms with van der Waals surface area (Å²) in [6, 6.07) is 0. The molecule has 0 amide bonds. The predicted molar refractivity (Wildman–Crippen MR) is 34.1 cm³/mol. The average Bonchev–Trinajstić information content (AvgIpc) is 1.61. The lowest BCUT2D eigenvalue weighted by Crippen LogP contribution is -2.15. The minimum absolute atomic E-state index is 0.538. The van der Waals surface area contributed by atoms with Crippen molar-refractivity contribution in [1.82, 2.24) is 0 Å². The van der Waals surface area contributed by atoms with Crippen molar-refractivity contribution in [3.05, 3.63) is 11.6 Å². The van der Waals surface area contributed by atoms with E-state index in [1.807, 2.05) is 6.08 Å². The maximum atomic E-state index is 10.2. The first-order valence-electron chi connectivity index (χ1n) is 3.18. The van der Waals surface area contributed by atoms with Gasteiger partial charge in [-0.05, 0) is 18.8 Å².